The largest absolute Gasteiger partial charge is 0.757 e. The van der Waals surface area contributed by atoms with Crippen LogP contribution in [0.15, 0.2) is 54.9 Å². The van der Waals surface area contributed by atoms with Crippen molar-refractivity contribution < 1.29 is 9.36 Å². The van der Waals surface area contributed by atoms with E-state index in [9.17, 15) is 4.79 Å². The number of hydrogen-bond acceptors (Lipinski definition) is 2. The number of carbonyl (C=O) groups is 1. The molecule has 0 unspecified atom stereocenters. The number of pyridine rings is 1. The number of allylic oxidation sites excluding steroid dienone is 1. The number of carbonyl (C=O) groups excluding carboxylic acids is 1. The molecule has 0 amide bonds. The molecule has 0 aliphatic carbocycles. The summed E-state index contributed by atoms with van der Waals surface area (Å²) in [7, 11) is 0. The molecule has 0 fully saturated rings. The number of hydrogen-bond donors (Lipinski definition) is 0. The smallest absolute Gasteiger partial charge is 0.309 e. The van der Waals surface area contributed by atoms with Crippen LogP contribution in [0, 0.1) is 11.3 Å². The molecule has 19 heavy (non-hydrogen) atoms. The van der Waals surface area contributed by atoms with E-state index < -0.39 is 0 Å². The van der Waals surface area contributed by atoms with E-state index in [-0.39, 0.29) is 11.5 Å². The van der Waals surface area contributed by atoms with Gasteiger partial charge in [0.2, 0.25) is 0 Å². The summed E-state index contributed by atoms with van der Waals surface area (Å²) >= 11 is 0. The van der Waals surface area contributed by atoms with E-state index >= 15 is 0 Å². The first kappa shape index (κ1) is 12.4. The topological polar surface area (TPSA) is 67.0 Å². The maximum absolute atomic E-state index is 12.1. The van der Waals surface area contributed by atoms with Gasteiger partial charge in [0.15, 0.2) is 24.2 Å². The Hall–Kier alpha value is -3.02. The second kappa shape index (κ2) is 5.54. The number of benzene rings is 1. The third-order valence-electron chi connectivity index (χ3n) is 2.60. The Labute approximate surface area is 110 Å². The Balaban J connectivity index is 2.32. The maximum atomic E-state index is 12.1. The summed E-state index contributed by atoms with van der Waals surface area (Å²) < 4.78 is 1.38. The highest BCUT2D eigenvalue weighted by Gasteiger charge is 2.12. The van der Waals surface area contributed by atoms with Gasteiger partial charge in [-0.15, -0.1) is 0 Å². The zero-order chi connectivity index (χ0) is 13.7. The van der Waals surface area contributed by atoms with Crippen molar-refractivity contribution in [1.82, 2.24) is 0 Å². The number of rotatable bonds is 3. The Morgan fingerprint density at radius 2 is 1.63 bits per heavy atom. The van der Waals surface area contributed by atoms with Crippen molar-refractivity contribution in [2.75, 3.05) is 0 Å². The monoisotopic (exact) mass is 247 g/mol. The van der Waals surface area contributed by atoms with Gasteiger partial charge in [0.05, 0.1) is 0 Å². The lowest BCUT2D eigenvalue weighted by Crippen LogP contribution is -2.31. The SMILES string of the molecule is N#CC(=C=[N-])[n+]1ccc(C(=O)c2ccccc2)cc1. The van der Waals surface area contributed by atoms with E-state index in [2.05, 4.69) is 0 Å². The lowest BCUT2D eigenvalue weighted by atomic mass is 10.0. The van der Waals surface area contributed by atoms with Crippen molar-refractivity contribution in [3.63, 3.8) is 0 Å². The summed E-state index contributed by atoms with van der Waals surface area (Å²) in [6.07, 6.45) is 3.05. The summed E-state index contributed by atoms with van der Waals surface area (Å²) in [5.41, 5.74) is 1.07. The Bertz CT molecular complexity index is 690. The van der Waals surface area contributed by atoms with E-state index in [1.54, 1.807) is 48.3 Å². The zero-order valence-corrected chi connectivity index (χ0v) is 9.95. The molecule has 1 aromatic carbocycles. The minimum absolute atomic E-state index is 0.0429. The third kappa shape index (κ3) is 2.63. The van der Waals surface area contributed by atoms with E-state index in [4.69, 9.17) is 10.7 Å². The number of nitrogens with zero attached hydrogens (tertiary/aromatic N) is 3. The summed E-state index contributed by atoms with van der Waals surface area (Å²) in [6.45, 7) is 0. The van der Waals surface area contributed by atoms with Crippen LogP contribution >= 0.6 is 0 Å². The summed E-state index contributed by atoms with van der Waals surface area (Å²) in [5.74, 6) is 1.69. The molecule has 0 spiro atoms. The van der Waals surface area contributed by atoms with Gasteiger partial charge in [0, 0.05) is 23.3 Å². The summed E-state index contributed by atoms with van der Waals surface area (Å²) in [5, 5.41) is 17.5. The predicted molar refractivity (Wildman–Crippen MR) is 70.2 cm³/mol. The highest BCUT2D eigenvalue weighted by atomic mass is 16.1. The van der Waals surface area contributed by atoms with Crippen LogP contribution in [0.1, 0.15) is 15.9 Å². The van der Waals surface area contributed by atoms with E-state index in [0.29, 0.717) is 11.1 Å². The molecule has 1 heterocycles. The molecular formula is C15H9N3O. The van der Waals surface area contributed by atoms with Gasteiger partial charge in [0.25, 0.3) is 0 Å². The van der Waals surface area contributed by atoms with Gasteiger partial charge in [-0.25, -0.2) is 0 Å². The first-order valence-electron chi connectivity index (χ1n) is 5.55. The van der Waals surface area contributed by atoms with Crippen molar-refractivity contribution in [2.24, 2.45) is 0 Å². The van der Waals surface area contributed by atoms with Gasteiger partial charge >= 0.3 is 5.70 Å². The van der Waals surface area contributed by atoms with E-state index in [1.807, 2.05) is 6.07 Å². The van der Waals surface area contributed by atoms with Gasteiger partial charge in [-0.05, 0) is 0 Å². The molecule has 0 atom stereocenters. The van der Waals surface area contributed by atoms with Crippen LogP contribution in [0.4, 0.5) is 0 Å². The summed E-state index contributed by atoms with van der Waals surface area (Å²) in [4.78, 5) is 12.1. The molecule has 0 aliphatic rings. The van der Waals surface area contributed by atoms with Crippen LogP contribution in [0.2, 0.25) is 0 Å². The fourth-order valence-corrected chi connectivity index (χ4v) is 1.62. The minimum Gasteiger partial charge on any atom is -0.757 e. The van der Waals surface area contributed by atoms with Crippen molar-refractivity contribution in [1.29, 1.82) is 5.26 Å². The predicted octanol–water partition coefficient (Wildman–Crippen LogP) is 1.81. The summed E-state index contributed by atoms with van der Waals surface area (Å²) in [6, 6.07) is 13.9. The second-order valence-electron chi connectivity index (χ2n) is 3.76. The van der Waals surface area contributed by atoms with Crippen molar-refractivity contribution in [3.8, 4) is 6.07 Å². The third-order valence-corrected chi connectivity index (χ3v) is 2.60. The van der Waals surface area contributed by atoms with Gasteiger partial charge in [-0.1, -0.05) is 30.3 Å². The Kier molecular flexibility index (Phi) is 3.63. The van der Waals surface area contributed by atoms with Crippen molar-refractivity contribution >= 4 is 17.4 Å². The molecule has 4 heteroatoms. The van der Waals surface area contributed by atoms with Crippen molar-refractivity contribution in [2.45, 2.75) is 0 Å². The molecule has 4 nitrogen and oxygen atoms in total. The molecule has 0 bridgehead atoms. The number of ketones is 1. The van der Waals surface area contributed by atoms with Crippen LogP contribution < -0.4 is 4.57 Å². The zero-order valence-electron chi connectivity index (χ0n) is 9.95. The normalized spacial score (nSPS) is 9.21. The van der Waals surface area contributed by atoms with Crippen LogP contribution in [-0.2, 0) is 0 Å². The van der Waals surface area contributed by atoms with Gasteiger partial charge in [-0.2, -0.15) is 15.7 Å². The molecule has 0 radical (unpaired) electrons. The van der Waals surface area contributed by atoms with Gasteiger partial charge in [-0.3, -0.25) is 4.79 Å². The van der Waals surface area contributed by atoms with Gasteiger partial charge in [0.1, 0.15) is 0 Å². The molecule has 0 aliphatic heterocycles. The van der Waals surface area contributed by atoms with Crippen LogP contribution in [0.25, 0.3) is 11.1 Å². The molecule has 0 saturated carbocycles. The number of nitriles is 1. The first-order valence-corrected chi connectivity index (χ1v) is 5.55. The van der Waals surface area contributed by atoms with E-state index in [0.717, 1.165) is 0 Å². The van der Waals surface area contributed by atoms with Crippen LogP contribution in [-0.4, -0.2) is 11.7 Å². The first-order chi connectivity index (χ1) is 9.26. The lowest BCUT2D eigenvalue weighted by molar-refractivity contribution is -0.576. The van der Waals surface area contributed by atoms with E-state index in [1.165, 1.54) is 17.0 Å². The van der Waals surface area contributed by atoms with Crippen molar-refractivity contribution in [3.05, 3.63) is 71.4 Å². The quantitative estimate of drug-likeness (QED) is 0.359. The maximum Gasteiger partial charge on any atom is 0.309 e. The van der Waals surface area contributed by atoms with Gasteiger partial charge < -0.3 is 5.41 Å². The van der Waals surface area contributed by atoms with Crippen LogP contribution in [0.3, 0.4) is 0 Å². The lowest BCUT2D eigenvalue weighted by Gasteiger charge is -1.99. The van der Waals surface area contributed by atoms with Crippen LogP contribution in [0.5, 0.6) is 0 Å². The minimum atomic E-state index is -0.0942. The molecular weight excluding hydrogens is 238 g/mol. The average molecular weight is 247 g/mol. The standard InChI is InChI=1S/C15H9N3O/c16-10-14(11-17)18-8-6-13(7-9-18)15(19)12-4-2-1-3-5-12/h1-9H. The molecule has 0 saturated heterocycles. The average Bonchev–Trinajstić information content (AvgIpc) is 2.49. The molecule has 2 rings (SSSR count). The number of aromatic nitrogens is 1. The Morgan fingerprint density at radius 1 is 1.05 bits per heavy atom. The second-order valence-corrected chi connectivity index (χ2v) is 3.76. The Morgan fingerprint density at radius 3 is 2.16 bits per heavy atom. The fraction of sp³-hybridized carbons (Fsp3) is 0. The molecule has 0 N–H and O–H groups in total. The highest BCUT2D eigenvalue weighted by molar-refractivity contribution is 6.08. The fourth-order valence-electron chi connectivity index (χ4n) is 1.62. The molecule has 1 aromatic heterocycles. The molecule has 90 valence electrons. The molecule has 2 aromatic rings. The highest BCUT2D eigenvalue weighted by Crippen LogP contribution is 2.07.